The van der Waals surface area contributed by atoms with E-state index in [1.807, 2.05) is 51.1 Å². The molecule has 0 aromatic heterocycles. The maximum atomic E-state index is 14.0. The van der Waals surface area contributed by atoms with Crippen molar-refractivity contribution in [2.75, 3.05) is 18.4 Å². The van der Waals surface area contributed by atoms with Gasteiger partial charge in [-0.3, -0.25) is 4.90 Å². The van der Waals surface area contributed by atoms with Gasteiger partial charge in [0, 0.05) is 44.0 Å². The molecule has 0 spiro atoms. The largest absolute Gasteiger partial charge is 0.444 e. The van der Waals surface area contributed by atoms with Crippen LogP contribution >= 0.6 is 0 Å². The van der Waals surface area contributed by atoms with Crippen LogP contribution in [0.2, 0.25) is 0 Å². The van der Waals surface area contributed by atoms with Crippen molar-refractivity contribution in [2.24, 2.45) is 0 Å². The fraction of sp³-hybridized carbons (Fsp3) is 0.424. The first kappa shape index (κ1) is 29.5. The van der Waals surface area contributed by atoms with Crippen LogP contribution in [0.25, 0.3) is 0 Å². The molecule has 0 saturated carbocycles. The summed E-state index contributed by atoms with van der Waals surface area (Å²) in [7, 11) is 0. The van der Waals surface area contributed by atoms with E-state index in [0.717, 1.165) is 27.9 Å². The molecule has 3 aromatic carbocycles. The summed E-state index contributed by atoms with van der Waals surface area (Å²) >= 11 is 0. The second-order valence-electron chi connectivity index (χ2n) is 12.0. The van der Waals surface area contributed by atoms with Crippen molar-refractivity contribution >= 4 is 11.8 Å². The van der Waals surface area contributed by atoms with Crippen molar-refractivity contribution < 1.29 is 18.3 Å². The number of anilines is 1. The third-order valence-corrected chi connectivity index (χ3v) is 6.99. The third kappa shape index (κ3) is 8.52. The number of hydrogen-bond donors (Lipinski definition) is 1. The molecule has 1 amide bonds. The number of amides is 1. The zero-order valence-electron chi connectivity index (χ0n) is 24.2. The van der Waals surface area contributed by atoms with Gasteiger partial charge < -0.3 is 15.0 Å². The average Bonchev–Trinajstić information content (AvgIpc) is 2.87. The van der Waals surface area contributed by atoms with Crippen LogP contribution in [0.1, 0.15) is 56.9 Å². The fourth-order valence-corrected chi connectivity index (χ4v) is 5.10. The molecule has 1 aliphatic heterocycles. The van der Waals surface area contributed by atoms with Crippen LogP contribution in [0, 0.1) is 11.6 Å². The number of nitrogens with zero attached hydrogens (tertiary/aromatic N) is 2. The summed E-state index contributed by atoms with van der Waals surface area (Å²) in [5.74, 6) is -0.504. The summed E-state index contributed by atoms with van der Waals surface area (Å²) in [4.78, 5) is 17.4. The molecule has 214 valence electrons. The summed E-state index contributed by atoms with van der Waals surface area (Å²) < 4.78 is 33.4. The van der Waals surface area contributed by atoms with Gasteiger partial charge in [0.05, 0.1) is 0 Å². The van der Waals surface area contributed by atoms with E-state index in [2.05, 4.69) is 24.1 Å². The lowest BCUT2D eigenvalue weighted by atomic mass is 9.90. The Morgan fingerprint density at radius 1 is 0.975 bits per heavy atom. The molecule has 0 aliphatic carbocycles. The monoisotopic (exact) mass is 549 g/mol. The summed E-state index contributed by atoms with van der Waals surface area (Å²) in [6.07, 6.45) is 1.03. The predicted molar refractivity (Wildman–Crippen MR) is 156 cm³/mol. The molecular weight excluding hydrogens is 508 g/mol. The van der Waals surface area contributed by atoms with Gasteiger partial charge in [0.1, 0.15) is 17.2 Å². The molecule has 1 atom stereocenters. The molecule has 40 heavy (non-hydrogen) atoms. The van der Waals surface area contributed by atoms with Gasteiger partial charge in [-0.1, -0.05) is 30.3 Å². The van der Waals surface area contributed by atoms with Gasteiger partial charge in [-0.2, -0.15) is 0 Å². The van der Waals surface area contributed by atoms with Crippen molar-refractivity contribution in [3.05, 3.63) is 101 Å². The number of nitrogens with one attached hydrogen (secondary N) is 1. The zero-order chi connectivity index (χ0) is 28.9. The number of ether oxygens (including phenoxy) is 1. The minimum absolute atomic E-state index is 0.0849. The highest BCUT2D eigenvalue weighted by Gasteiger charge is 2.29. The Labute approximate surface area is 237 Å². The van der Waals surface area contributed by atoms with Crippen LogP contribution < -0.4 is 5.32 Å². The van der Waals surface area contributed by atoms with Gasteiger partial charge in [-0.15, -0.1) is 0 Å². The Bertz CT molecular complexity index is 1270. The van der Waals surface area contributed by atoms with Crippen molar-refractivity contribution in [3.8, 4) is 0 Å². The molecule has 0 fully saturated rings. The van der Waals surface area contributed by atoms with Crippen LogP contribution in [-0.4, -0.2) is 46.7 Å². The Balaban J connectivity index is 1.52. The van der Waals surface area contributed by atoms with Gasteiger partial charge >= 0.3 is 6.09 Å². The molecule has 4 rings (SSSR count). The van der Waals surface area contributed by atoms with E-state index in [-0.39, 0.29) is 23.8 Å². The molecular formula is C33H41F2N3O2. The Morgan fingerprint density at radius 2 is 1.62 bits per heavy atom. The van der Waals surface area contributed by atoms with E-state index in [1.54, 1.807) is 23.1 Å². The summed E-state index contributed by atoms with van der Waals surface area (Å²) in [6.45, 7) is 12.0. The van der Waals surface area contributed by atoms with Crippen LogP contribution in [0.3, 0.4) is 0 Å². The summed E-state index contributed by atoms with van der Waals surface area (Å²) in [6, 6.07) is 20.1. The summed E-state index contributed by atoms with van der Waals surface area (Å²) in [5, 5.41) is 3.39. The van der Waals surface area contributed by atoms with E-state index in [4.69, 9.17) is 4.74 Å². The van der Waals surface area contributed by atoms with E-state index in [0.29, 0.717) is 45.1 Å². The van der Waals surface area contributed by atoms with Gasteiger partial charge in [-0.25, -0.2) is 13.6 Å². The van der Waals surface area contributed by atoms with Crippen molar-refractivity contribution in [1.29, 1.82) is 0 Å². The molecule has 0 radical (unpaired) electrons. The van der Waals surface area contributed by atoms with Gasteiger partial charge in [0.2, 0.25) is 0 Å². The second-order valence-corrected chi connectivity index (χ2v) is 12.0. The molecule has 1 unspecified atom stereocenters. The van der Waals surface area contributed by atoms with Gasteiger partial charge in [-0.05, 0) is 106 Å². The van der Waals surface area contributed by atoms with E-state index in [1.165, 1.54) is 18.2 Å². The number of fused-ring (bicyclic) bond motifs is 1. The number of carbonyl (C=O) groups is 1. The molecule has 5 nitrogen and oxygen atoms in total. The number of benzene rings is 3. The van der Waals surface area contributed by atoms with Crippen LogP contribution in [0.5, 0.6) is 0 Å². The number of hydrogen-bond acceptors (Lipinski definition) is 4. The zero-order valence-corrected chi connectivity index (χ0v) is 24.2. The van der Waals surface area contributed by atoms with E-state index in [9.17, 15) is 13.6 Å². The lowest BCUT2D eigenvalue weighted by molar-refractivity contribution is 0.0198. The van der Waals surface area contributed by atoms with Crippen LogP contribution in [0.15, 0.2) is 66.7 Å². The average molecular weight is 550 g/mol. The minimum atomic E-state index is -0.611. The first-order valence-corrected chi connectivity index (χ1v) is 14.0. The number of carbonyl (C=O) groups excluding carboxylic acids is 1. The molecule has 3 aromatic rings. The highest BCUT2D eigenvalue weighted by atomic mass is 19.1. The number of rotatable bonds is 9. The van der Waals surface area contributed by atoms with Crippen molar-refractivity contribution in [3.63, 3.8) is 0 Å². The molecule has 1 aliphatic rings. The Kier molecular flexibility index (Phi) is 9.46. The topological polar surface area (TPSA) is 44.8 Å². The lowest BCUT2D eigenvalue weighted by Crippen LogP contribution is -2.47. The third-order valence-electron chi connectivity index (χ3n) is 6.99. The molecule has 1 heterocycles. The molecule has 1 N–H and O–H groups in total. The van der Waals surface area contributed by atoms with Crippen molar-refractivity contribution in [2.45, 2.75) is 78.2 Å². The highest BCUT2D eigenvalue weighted by molar-refractivity contribution is 5.68. The normalized spacial score (nSPS) is 15.6. The minimum Gasteiger partial charge on any atom is -0.444 e. The smallest absolute Gasteiger partial charge is 0.410 e. The standard InChI is InChI=1S/C33H41F2N3O2/c1-23(2)36-30-14-8-25(9-15-30)21-38(32(39)40-33(3,4)5)17-16-37-22-26-10-13-29(35)19-27(26)20-31(37)18-24-6-11-28(34)12-7-24/h6-15,19,23,31,36H,16-18,20-22H2,1-5H3. The fourth-order valence-electron chi connectivity index (χ4n) is 5.10. The Morgan fingerprint density at radius 3 is 2.27 bits per heavy atom. The quantitative estimate of drug-likeness (QED) is 0.307. The SMILES string of the molecule is CC(C)Nc1ccc(CN(CCN2Cc3ccc(F)cc3CC2Cc2ccc(F)cc2)C(=O)OC(C)(C)C)cc1. The maximum Gasteiger partial charge on any atom is 0.410 e. The van der Waals surface area contributed by atoms with Crippen LogP contribution in [0.4, 0.5) is 19.3 Å². The molecule has 7 heteroatoms. The first-order valence-electron chi connectivity index (χ1n) is 14.0. The van der Waals surface area contributed by atoms with Crippen molar-refractivity contribution in [1.82, 2.24) is 9.80 Å². The lowest BCUT2D eigenvalue weighted by Gasteiger charge is -2.38. The van der Waals surface area contributed by atoms with E-state index < -0.39 is 5.60 Å². The molecule has 0 saturated heterocycles. The summed E-state index contributed by atoms with van der Waals surface area (Å²) in [5.41, 5.74) is 4.56. The van der Waals surface area contributed by atoms with Gasteiger partial charge in [0.15, 0.2) is 0 Å². The van der Waals surface area contributed by atoms with E-state index >= 15 is 0 Å². The van der Waals surface area contributed by atoms with Crippen LogP contribution in [-0.2, 0) is 30.7 Å². The first-order chi connectivity index (χ1) is 18.9. The number of halogens is 2. The molecule has 0 bridgehead atoms. The maximum absolute atomic E-state index is 14.0. The second kappa shape index (κ2) is 12.8. The predicted octanol–water partition coefficient (Wildman–Crippen LogP) is 7.19. The highest BCUT2D eigenvalue weighted by Crippen LogP contribution is 2.27. The van der Waals surface area contributed by atoms with Gasteiger partial charge in [0.25, 0.3) is 0 Å². The Hall–Kier alpha value is -3.45.